The number of hydrogen-bond donors (Lipinski definition) is 0. The monoisotopic (exact) mass is 320 g/mol. The first-order chi connectivity index (χ1) is 11.2. The molecule has 0 saturated heterocycles. The van der Waals surface area contributed by atoms with E-state index in [1.807, 2.05) is 6.07 Å². The van der Waals surface area contributed by atoms with E-state index in [0.29, 0.717) is 25.4 Å². The molecule has 0 aromatic heterocycles. The number of hydrogen-bond acceptors (Lipinski definition) is 5. The number of carbonyl (C=O) groups is 2. The van der Waals surface area contributed by atoms with Crippen molar-refractivity contribution >= 4 is 11.8 Å². The summed E-state index contributed by atoms with van der Waals surface area (Å²) < 4.78 is 15.7. The number of benzene rings is 1. The number of rotatable bonds is 9. The first kappa shape index (κ1) is 17.6. The molecule has 1 aliphatic rings. The highest BCUT2D eigenvalue weighted by molar-refractivity contribution is 5.97. The van der Waals surface area contributed by atoms with E-state index in [-0.39, 0.29) is 30.2 Å². The fourth-order valence-electron chi connectivity index (χ4n) is 2.87. The number of ketones is 1. The van der Waals surface area contributed by atoms with Gasteiger partial charge < -0.3 is 14.2 Å². The van der Waals surface area contributed by atoms with E-state index in [9.17, 15) is 9.59 Å². The Morgan fingerprint density at radius 2 is 1.91 bits per heavy atom. The van der Waals surface area contributed by atoms with Crippen LogP contribution in [0.25, 0.3) is 0 Å². The third-order valence-corrected chi connectivity index (χ3v) is 4.17. The lowest BCUT2D eigenvalue weighted by Crippen LogP contribution is -2.27. The van der Waals surface area contributed by atoms with E-state index in [0.717, 1.165) is 19.3 Å². The van der Waals surface area contributed by atoms with E-state index < -0.39 is 0 Å². The summed E-state index contributed by atoms with van der Waals surface area (Å²) in [4.78, 5) is 24.2. The molecule has 1 aromatic carbocycles. The summed E-state index contributed by atoms with van der Waals surface area (Å²) in [5, 5.41) is 0. The van der Waals surface area contributed by atoms with Crippen LogP contribution in [0.15, 0.2) is 30.3 Å². The van der Waals surface area contributed by atoms with Gasteiger partial charge in [-0.25, -0.2) is 0 Å². The van der Waals surface area contributed by atoms with Gasteiger partial charge in [-0.05, 0) is 18.8 Å². The molecule has 0 aliphatic heterocycles. The fraction of sp³-hybridized carbons (Fsp3) is 0.556. The average Bonchev–Trinajstić information content (AvgIpc) is 3.05. The lowest BCUT2D eigenvalue weighted by molar-refractivity contribution is -0.149. The number of Topliss-reactive ketones (excluding diaryl/α,β-unsaturated/α-hetero) is 1. The summed E-state index contributed by atoms with van der Waals surface area (Å²) in [5.41, 5.74) is 0.561. The van der Waals surface area contributed by atoms with E-state index >= 15 is 0 Å². The highest BCUT2D eigenvalue weighted by Gasteiger charge is 2.34. The van der Waals surface area contributed by atoms with Crippen molar-refractivity contribution in [2.24, 2.45) is 11.8 Å². The van der Waals surface area contributed by atoms with Crippen molar-refractivity contribution in [3.8, 4) is 0 Å². The van der Waals surface area contributed by atoms with Gasteiger partial charge in [-0.2, -0.15) is 0 Å². The number of esters is 1. The van der Waals surface area contributed by atoms with Crippen LogP contribution >= 0.6 is 0 Å². The zero-order valence-corrected chi connectivity index (χ0v) is 13.5. The Morgan fingerprint density at radius 1 is 1.13 bits per heavy atom. The van der Waals surface area contributed by atoms with Crippen LogP contribution in [0.5, 0.6) is 0 Å². The SMILES string of the molecule is COCCOCC1CCCC1C(=O)OCC(=O)c1ccccc1. The topological polar surface area (TPSA) is 61.8 Å². The Hall–Kier alpha value is -1.72. The van der Waals surface area contributed by atoms with Gasteiger partial charge in [0.05, 0.1) is 25.7 Å². The molecule has 23 heavy (non-hydrogen) atoms. The zero-order chi connectivity index (χ0) is 16.5. The van der Waals surface area contributed by atoms with Crippen LogP contribution in [0.3, 0.4) is 0 Å². The van der Waals surface area contributed by atoms with Crippen molar-refractivity contribution in [2.75, 3.05) is 33.5 Å². The molecule has 1 fully saturated rings. The third kappa shape index (κ3) is 5.44. The number of carbonyl (C=O) groups excluding carboxylic acids is 2. The minimum atomic E-state index is -0.285. The zero-order valence-electron chi connectivity index (χ0n) is 13.5. The van der Waals surface area contributed by atoms with E-state index in [1.165, 1.54) is 0 Å². The van der Waals surface area contributed by atoms with Crippen LogP contribution in [0.4, 0.5) is 0 Å². The first-order valence-electron chi connectivity index (χ1n) is 8.04. The Labute approximate surface area is 136 Å². The second-order valence-corrected chi connectivity index (χ2v) is 5.76. The first-order valence-corrected chi connectivity index (χ1v) is 8.04. The maximum atomic E-state index is 12.2. The standard InChI is InChI=1S/C18H24O5/c1-21-10-11-22-12-15-8-5-9-16(15)18(20)23-13-17(19)14-6-3-2-4-7-14/h2-4,6-7,15-16H,5,8-13H2,1H3. The molecule has 1 aliphatic carbocycles. The van der Waals surface area contributed by atoms with Gasteiger partial charge in [-0.1, -0.05) is 36.8 Å². The summed E-state index contributed by atoms with van der Waals surface area (Å²) in [5.74, 6) is -0.454. The molecule has 5 nitrogen and oxygen atoms in total. The third-order valence-electron chi connectivity index (χ3n) is 4.17. The molecule has 2 unspecified atom stereocenters. The Morgan fingerprint density at radius 3 is 2.65 bits per heavy atom. The molecule has 2 rings (SSSR count). The molecule has 1 aromatic rings. The van der Waals surface area contributed by atoms with Crippen molar-refractivity contribution in [3.63, 3.8) is 0 Å². The van der Waals surface area contributed by atoms with Gasteiger partial charge in [0.1, 0.15) is 0 Å². The number of ether oxygens (including phenoxy) is 3. The van der Waals surface area contributed by atoms with Crippen LogP contribution < -0.4 is 0 Å². The lowest BCUT2D eigenvalue weighted by Gasteiger charge is -2.18. The van der Waals surface area contributed by atoms with Crippen molar-refractivity contribution in [1.82, 2.24) is 0 Å². The quantitative estimate of drug-likeness (QED) is 0.397. The Bertz CT molecular complexity index is 499. The smallest absolute Gasteiger partial charge is 0.309 e. The molecule has 0 radical (unpaired) electrons. The summed E-state index contributed by atoms with van der Waals surface area (Å²) in [6.45, 7) is 1.42. The second kappa shape index (κ2) is 9.43. The van der Waals surface area contributed by atoms with Gasteiger partial charge in [0, 0.05) is 12.7 Å². The maximum Gasteiger partial charge on any atom is 0.309 e. The minimum absolute atomic E-state index is 0.166. The highest BCUT2D eigenvalue weighted by Crippen LogP contribution is 2.32. The molecular formula is C18H24O5. The van der Waals surface area contributed by atoms with Gasteiger partial charge in [0.25, 0.3) is 0 Å². The molecule has 0 bridgehead atoms. The number of methoxy groups -OCH3 is 1. The molecule has 0 spiro atoms. The predicted octanol–water partition coefficient (Wildman–Crippen LogP) is 2.49. The Kier molecular flexibility index (Phi) is 7.23. The minimum Gasteiger partial charge on any atom is -0.457 e. The molecule has 0 amide bonds. The average molecular weight is 320 g/mol. The van der Waals surface area contributed by atoms with Crippen molar-refractivity contribution in [2.45, 2.75) is 19.3 Å². The molecule has 0 N–H and O–H groups in total. The summed E-state index contributed by atoms with van der Waals surface area (Å²) in [6.07, 6.45) is 2.75. The maximum absolute atomic E-state index is 12.2. The summed E-state index contributed by atoms with van der Waals surface area (Å²) >= 11 is 0. The largest absolute Gasteiger partial charge is 0.457 e. The van der Waals surface area contributed by atoms with Crippen LogP contribution in [0.1, 0.15) is 29.6 Å². The van der Waals surface area contributed by atoms with E-state index in [2.05, 4.69) is 0 Å². The molecule has 0 heterocycles. The van der Waals surface area contributed by atoms with Crippen LogP contribution in [0, 0.1) is 11.8 Å². The van der Waals surface area contributed by atoms with E-state index in [1.54, 1.807) is 31.4 Å². The lowest BCUT2D eigenvalue weighted by atomic mass is 9.97. The van der Waals surface area contributed by atoms with Gasteiger partial charge in [0.2, 0.25) is 0 Å². The summed E-state index contributed by atoms with van der Waals surface area (Å²) in [6, 6.07) is 8.87. The normalized spacial score (nSPS) is 20.4. The highest BCUT2D eigenvalue weighted by atomic mass is 16.5. The predicted molar refractivity (Wildman–Crippen MR) is 85.3 cm³/mol. The fourth-order valence-corrected chi connectivity index (χ4v) is 2.87. The molecule has 2 atom stereocenters. The van der Waals surface area contributed by atoms with Crippen LogP contribution in [-0.4, -0.2) is 45.3 Å². The van der Waals surface area contributed by atoms with Gasteiger partial charge in [-0.3, -0.25) is 9.59 Å². The van der Waals surface area contributed by atoms with Gasteiger partial charge in [-0.15, -0.1) is 0 Å². The molecule has 126 valence electrons. The summed E-state index contributed by atoms with van der Waals surface area (Å²) in [7, 11) is 1.63. The van der Waals surface area contributed by atoms with Crippen LogP contribution in [0.2, 0.25) is 0 Å². The van der Waals surface area contributed by atoms with E-state index in [4.69, 9.17) is 14.2 Å². The van der Waals surface area contributed by atoms with Gasteiger partial charge >= 0.3 is 5.97 Å². The molecule has 1 saturated carbocycles. The Balaban J connectivity index is 1.76. The van der Waals surface area contributed by atoms with Gasteiger partial charge in [0.15, 0.2) is 12.4 Å². The van der Waals surface area contributed by atoms with Crippen molar-refractivity contribution < 1.29 is 23.8 Å². The van der Waals surface area contributed by atoms with Crippen molar-refractivity contribution in [3.05, 3.63) is 35.9 Å². The molecule has 5 heteroatoms. The molecular weight excluding hydrogens is 296 g/mol. The van der Waals surface area contributed by atoms with Crippen LogP contribution in [-0.2, 0) is 19.0 Å². The van der Waals surface area contributed by atoms with Crippen molar-refractivity contribution in [1.29, 1.82) is 0 Å². The second-order valence-electron chi connectivity index (χ2n) is 5.76.